The quantitative estimate of drug-likeness (QED) is 0.0384. The Bertz CT molecular complexity index is 3110. The lowest BCUT2D eigenvalue weighted by atomic mass is 10.00. The number of ketones is 2. The Morgan fingerprint density at radius 1 is 0.507 bits per heavy atom. The highest BCUT2D eigenvalue weighted by Crippen LogP contribution is 2.24. The van der Waals surface area contributed by atoms with Crippen LogP contribution in [0.4, 0.5) is 11.4 Å². The third kappa shape index (κ3) is 14.8. The van der Waals surface area contributed by atoms with E-state index in [-0.39, 0.29) is 18.0 Å². The van der Waals surface area contributed by atoms with Crippen LogP contribution in [0, 0.1) is 23.7 Å². The number of allylic oxidation sites excluding steroid dienone is 2. The Morgan fingerprint density at radius 3 is 1.32 bits per heavy atom. The van der Waals surface area contributed by atoms with Crippen molar-refractivity contribution in [3.05, 3.63) is 251 Å². The van der Waals surface area contributed by atoms with Crippen LogP contribution in [0.15, 0.2) is 206 Å². The van der Waals surface area contributed by atoms with Gasteiger partial charge < -0.3 is 30.0 Å². The number of anilines is 2. The molecule has 0 fully saturated rings. The molecule has 7 aromatic carbocycles. The van der Waals surface area contributed by atoms with Gasteiger partial charge in [0.15, 0.2) is 11.6 Å². The van der Waals surface area contributed by atoms with Gasteiger partial charge in [-0.15, -0.1) is 0 Å². The van der Waals surface area contributed by atoms with Crippen molar-refractivity contribution in [2.24, 2.45) is 0 Å². The summed E-state index contributed by atoms with van der Waals surface area (Å²) in [5.41, 5.74) is 6.31. The minimum atomic E-state index is -1.03. The Morgan fingerprint density at radius 2 is 0.901 bits per heavy atom. The van der Waals surface area contributed by atoms with E-state index in [9.17, 15) is 24.3 Å². The van der Waals surface area contributed by atoms with Crippen LogP contribution in [0.2, 0.25) is 0 Å². The lowest BCUT2D eigenvalue weighted by molar-refractivity contribution is -0.141. The molecule has 7 rings (SSSR count). The fourth-order valence-corrected chi connectivity index (χ4v) is 7.32. The molecule has 2 atom stereocenters. The first-order valence-electron chi connectivity index (χ1n) is 22.8. The minimum Gasteiger partial charge on any atom is -0.490 e. The second kappa shape index (κ2) is 25.7. The normalized spacial score (nSPS) is 11.5. The number of carboxylic acid groups (broad SMARTS) is 1. The number of benzene rings is 7. The summed E-state index contributed by atoms with van der Waals surface area (Å²) in [5.74, 6) is 11.7. The second-order valence-electron chi connectivity index (χ2n) is 16.0. The van der Waals surface area contributed by atoms with Crippen molar-refractivity contribution in [3.8, 4) is 35.2 Å². The van der Waals surface area contributed by atoms with Gasteiger partial charge in [-0.1, -0.05) is 133 Å². The molecule has 0 amide bonds. The van der Waals surface area contributed by atoms with Gasteiger partial charge in [-0.2, -0.15) is 0 Å². The molecular weight excluding hydrogens is 889 g/mol. The Balaban J connectivity index is 0.816. The van der Waals surface area contributed by atoms with Gasteiger partial charge in [0.05, 0.1) is 7.11 Å². The highest BCUT2D eigenvalue weighted by atomic mass is 16.5. The summed E-state index contributed by atoms with van der Waals surface area (Å²) in [4.78, 5) is 51.5. The molecule has 0 aliphatic carbocycles. The molecule has 3 N–H and O–H groups in total. The highest BCUT2D eigenvalue weighted by Gasteiger charge is 2.24. The first-order chi connectivity index (χ1) is 34.7. The number of para-hydroxylation sites is 2. The summed E-state index contributed by atoms with van der Waals surface area (Å²) < 4.78 is 16.8. The number of esters is 1. The van der Waals surface area contributed by atoms with Crippen molar-refractivity contribution in [1.82, 2.24) is 0 Å². The Kier molecular flexibility index (Phi) is 17.9. The van der Waals surface area contributed by atoms with Crippen molar-refractivity contribution < 1.29 is 38.5 Å². The standard InChI is InChI=1S/C61H50N2O8/c1-69-61(68)57(63-55-27-15-13-25-53(55)59(65)49-22-10-3-11-23-49)43-47-34-38-51(39-35-47)71-41-17-5-7-19-45-30-28-44(29-31-45)18-6-4-16-40-70-50-36-32-46(33-37-50)42-56(60(66)67)62-54-26-14-12-24-52(54)58(64)48-20-8-2-9-21-48/h2-5,8-17,20-39,56-57,62-63H,40-43H2,1H3,(H,66,67)/b16-4+,17-5+. The van der Waals surface area contributed by atoms with Gasteiger partial charge in [-0.25, -0.2) is 9.59 Å². The van der Waals surface area contributed by atoms with E-state index in [1.807, 2.05) is 103 Å². The summed E-state index contributed by atoms with van der Waals surface area (Å²) in [7, 11) is 1.34. The summed E-state index contributed by atoms with van der Waals surface area (Å²) in [6.07, 6.45) is 7.63. The number of hydrogen-bond donors (Lipinski definition) is 3. The fourth-order valence-electron chi connectivity index (χ4n) is 7.32. The SMILES string of the molecule is COC(=O)C(Cc1ccc(OC/C=C/C#Cc2ccc(C#C/C=C/COc3ccc(CC(Nc4ccccc4C(=O)c4ccccc4)C(=O)O)cc3)cc2)cc1)Nc1ccccc1C(=O)c1ccccc1. The van der Waals surface area contributed by atoms with E-state index in [2.05, 4.69) is 34.3 Å². The van der Waals surface area contributed by atoms with Crippen LogP contribution in [0.3, 0.4) is 0 Å². The topological polar surface area (TPSA) is 140 Å². The summed E-state index contributed by atoms with van der Waals surface area (Å²) in [5, 5.41) is 16.3. The molecule has 0 saturated carbocycles. The minimum absolute atomic E-state index is 0.144. The number of methoxy groups -OCH3 is 1. The number of rotatable bonds is 20. The largest absolute Gasteiger partial charge is 0.490 e. The number of nitrogens with one attached hydrogen (secondary N) is 2. The zero-order valence-electron chi connectivity index (χ0n) is 38.9. The first kappa shape index (κ1) is 49.5. The van der Waals surface area contributed by atoms with E-state index in [0.29, 0.717) is 64.8 Å². The third-order valence-electron chi connectivity index (χ3n) is 11.0. The Hall–Kier alpha value is -9.38. The number of carbonyl (C=O) groups excluding carboxylic acids is 3. The van der Waals surface area contributed by atoms with Crippen molar-refractivity contribution in [2.45, 2.75) is 24.9 Å². The van der Waals surface area contributed by atoms with Crippen molar-refractivity contribution in [2.75, 3.05) is 31.0 Å². The molecule has 0 saturated heterocycles. The van der Waals surface area contributed by atoms with Gasteiger partial charge in [0, 0.05) is 57.6 Å². The molecule has 0 aliphatic heterocycles. The number of aliphatic carboxylic acids is 1. The second-order valence-corrected chi connectivity index (χ2v) is 16.0. The maximum Gasteiger partial charge on any atom is 0.328 e. The van der Waals surface area contributed by atoms with E-state index in [1.165, 1.54) is 7.11 Å². The monoisotopic (exact) mass is 938 g/mol. The van der Waals surface area contributed by atoms with Gasteiger partial charge in [-0.3, -0.25) is 9.59 Å². The van der Waals surface area contributed by atoms with E-state index in [4.69, 9.17) is 14.2 Å². The van der Waals surface area contributed by atoms with E-state index in [0.717, 1.165) is 22.3 Å². The van der Waals surface area contributed by atoms with Crippen molar-refractivity contribution in [3.63, 3.8) is 0 Å². The smallest absolute Gasteiger partial charge is 0.328 e. The van der Waals surface area contributed by atoms with Gasteiger partial charge >= 0.3 is 11.9 Å². The van der Waals surface area contributed by atoms with Crippen LogP contribution in [0.1, 0.15) is 54.1 Å². The molecule has 7 aromatic rings. The van der Waals surface area contributed by atoms with Crippen LogP contribution in [-0.4, -0.2) is 61.0 Å². The number of carbonyl (C=O) groups is 4. The first-order valence-corrected chi connectivity index (χ1v) is 22.8. The molecular formula is C61H50N2O8. The van der Waals surface area contributed by atoms with Crippen molar-refractivity contribution in [1.29, 1.82) is 0 Å². The van der Waals surface area contributed by atoms with Crippen LogP contribution in [0.5, 0.6) is 11.5 Å². The van der Waals surface area contributed by atoms with Crippen LogP contribution < -0.4 is 20.1 Å². The van der Waals surface area contributed by atoms with Crippen LogP contribution >= 0.6 is 0 Å². The molecule has 0 heterocycles. The van der Waals surface area contributed by atoms with Gasteiger partial charge in [0.2, 0.25) is 0 Å². The molecule has 10 nitrogen and oxygen atoms in total. The zero-order valence-corrected chi connectivity index (χ0v) is 38.9. The molecule has 2 unspecified atom stereocenters. The lowest BCUT2D eigenvalue weighted by Gasteiger charge is -2.20. The molecule has 10 heteroatoms. The predicted molar refractivity (Wildman–Crippen MR) is 277 cm³/mol. The van der Waals surface area contributed by atoms with Crippen LogP contribution in [-0.2, 0) is 27.2 Å². The number of hydrogen-bond acceptors (Lipinski definition) is 9. The Labute approximate surface area is 413 Å². The fraction of sp³-hybridized carbons (Fsp3) is 0.115. The zero-order chi connectivity index (χ0) is 49.6. The molecule has 352 valence electrons. The maximum atomic E-state index is 13.3. The molecule has 0 aromatic heterocycles. The molecule has 0 bridgehead atoms. The summed E-state index contributed by atoms with van der Waals surface area (Å²) in [6.45, 7) is 0.616. The highest BCUT2D eigenvalue weighted by molar-refractivity contribution is 6.13. The molecule has 71 heavy (non-hydrogen) atoms. The van der Waals surface area contributed by atoms with E-state index >= 15 is 0 Å². The number of ether oxygens (including phenoxy) is 3. The third-order valence-corrected chi connectivity index (χ3v) is 11.0. The van der Waals surface area contributed by atoms with E-state index in [1.54, 1.807) is 103 Å². The summed E-state index contributed by atoms with van der Waals surface area (Å²) in [6, 6.07) is 52.6. The number of carboxylic acids is 1. The van der Waals surface area contributed by atoms with Crippen molar-refractivity contribution >= 4 is 34.9 Å². The average Bonchev–Trinajstić information content (AvgIpc) is 3.41. The van der Waals surface area contributed by atoms with E-state index < -0.39 is 24.0 Å². The van der Waals surface area contributed by atoms with Gasteiger partial charge in [-0.05, 0) is 108 Å². The maximum absolute atomic E-state index is 13.3. The lowest BCUT2D eigenvalue weighted by Crippen LogP contribution is -2.33. The summed E-state index contributed by atoms with van der Waals surface area (Å²) >= 11 is 0. The molecule has 0 aliphatic rings. The predicted octanol–water partition coefficient (Wildman–Crippen LogP) is 10.4. The van der Waals surface area contributed by atoms with Crippen LogP contribution in [0.25, 0.3) is 0 Å². The molecule has 0 spiro atoms. The van der Waals surface area contributed by atoms with Gasteiger partial charge in [0.25, 0.3) is 0 Å². The van der Waals surface area contributed by atoms with Gasteiger partial charge in [0.1, 0.15) is 36.8 Å². The average molecular weight is 939 g/mol. The molecule has 0 radical (unpaired) electrons.